The van der Waals surface area contributed by atoms with Gasteiger partial charge in [-0.25, -0.2) is 13.8 Å². The third-order valence-corrected chi connectivity index (χ3v) is 3.18. The van der Waals surface area contributed by atoms with Crippen LogP contribution in [-0.4, -0.2) is 30.5 Å². The van der Waals surface area contributed by atoms with Gasteiger partial charge in [0.05, 0.1) is 6.54 Å². The predicted octanol–water partition coefficient (Wildman–Crippen LogP) is 2.73. The standard InChI is InChI=1S/C11H19F2N3S/c1-11(2,3)15-6-8-5-14-10(17-8)16(4)7-9(12)13/h5,9,15H,6-7H2,1-4H3. The molecule has 0 atom stereocenters. The van der Waals surface area contributed by atoms with Gasteiger partial charge in [0.1, 0.15) is 0 Å². The summed E-state index contributed by atoms with van der Waals surface area (Å²) in [5, 5.41) is 3.97. The highest BCUT2D eigenvalue weighted by Crippen LogP contribution is 2.22. The van der Waals surface area contributed by atoms with Crippen LogP contribution in [-0.2, 0) is 6.54 Å². The Morgan fingerprint density at radius 2 is 2.12 bits per heavy atom. The van der Waals surface area contributed by atoms with E-state index in [4.69, 9.17) is 0 Å². The number of hydrogen-bond acceptors (Lipinski definition) is 4. The summed E-state index contributed by atoms with van der Waals surface area (Å²) < 4.78 is 24.4. The molecular weight excluding hydrogens is 244 g/mol. The molecule has 1 aromatic rings. The first kappa shape index (κ1) is 14.3. The van der Waals surface area contributed by atoms with Crippen LogP contribution >= 0.6 is 11.3 Å². The minimum atomic E-state index is -2.33. The molecule has 0 bridgehead atoms. The molecule has 0 amide bonds. The minimum Gasteiger partial charge on any atom is -0.345 e. The van der Waals surface area contributed by atoms with Crippen molar-refractivity contribution in [2.75, 3.05) is 18.5 Å². The van der Waals surface area contributed by atoms with Gasteiger partial charge in [-0.05, 0) is 20.8 Å². The summed E-state index contributed by atoms with van der Waals surface area (Å²) in [6.07, 6.45) is -0.596. The van der Waals surface area contributed by atoms with Crippen LogP contribution < -0.4 is 10.2 Å². The van der Waals surface area contributed by atoms with Crippen molar-refractivity contribution < 1.29 is 8.78 Å². The normalized spacial score (nSPS) is 12.2. The van der Waals surface area contributed by atoms with Gasteiger partial charge < -0.3 is 10.2 Å². The van der Waals surface area contributed by atoms with Crippen LogP contribution in [0, 0.1) is 0 Å². The van der Waals surface area contributed by atoms with Crippen LogP contribution in [0.2, 0.25) is 0 Å². The Balaban J connectivity index is 2.53. The number of alkyl halides is 2. The Morgan fingerprint density at radius 3 is 2.65 bits per heavy atom. The van der Waals surface area contributed by atoms with Gasteiger partial charge in [0, 0.05) is 30.2 Å². The molecule has 3 nitrogen and oxygen atoms in total. The number of nitrogens with one attached hydrogen (secondary N) is 1. The molecule has 1 rings (SSSR count). The largest absolute Gasteiger partial charge is 0.345 e. The van der Waals surface area contributed by atoms with Crippen molar-refractivity contribution in [3.05, 3.63) is 11.1 Å². The number of anilines is 1. The Labute approximate surface area is 105 Å². The molecule has 17 heavy (non-hydrogen) atoms. The molecule has 1 heterocycles. The number of nitrogens with zero attached hydrogens (tertiary/aromatic N) is 2. The van der Waals surface area contributed by atoms with E-state index in [9.17, 15) is 8.78 Å². The Morgan fingerprint density at radius 1 is 1.47 bits per heavy atom. The average molecular weight is 263 g/mol. The smallest absolute Gasteiger partial charge is 0.255 e. The topological polar surface area (TPSA) is 28.2 Å². The van der Waals surface area contributed by atoms with Crippen molar-refractivity contribution in [2.45, 2.75) is 39.3 Å². The highest BCUT2D eigenvalue weighted by molar-refractivity contribution is 7.15. The molecule has 0 aliphatic rings. The van der Waals surface area contributed by atoms with Gasteiger partial charge >= 0.3 is 0 Å². The van der Waals surface area contributed by atoms with Gasteiger partial charge in [-0.15, -0.1) is 11.3 Å². The summed E-state index contributed by atoms with van der Waals surface area (Å²) in [6, 6.07) is 0. The first-order chi connectivity index (χ1) is 7.78. The van der Waals surface area contributed by atoms with E-state index in [1.54, 1.807) is 13.2 Å². The molecule has 98 valence electrons. The van der Waals surface area contributed by atoms with Crippen molar-refractivity contribution >= 4 is 16.5 Å². The van der Waals surface area contributed by atoms with Gasteiger partial charge in [-0.2, -0.15) is 0 Å². The molecule has 1 N–H and O–H groups in total. The van der Waals surface area contributed by atoms with Gasteiger partial charge in [0.15, 0.2) is 5.13 Å². The Kier molecular flexibility index (Phi) is 4.82. The molecular formula is C11H19F2N3S. The molecule has 0 aromatic carbocycles. The third kappa shape index (κ3) is 5.41. The van der Waals surface area contributed by atoms with Crippen molar-refractivity contribution in [3.8, 4) is 0 Å². The van der Waals surface area contributed by atoms with Crippen molar-refractivity contribution in [2.24, 2.45) is 0 Å². The Hall–Kier alpha value is -0.750. The summed E-state index contributed by atoms with van der Waals surface area (Å²) in [5.74, 6) is 0. The first-order valence-electron chi connectivity index (χ1n) is 5.47. The summed E-state index contributed by atoms with van der Waals surface area (Å²) in [7, 11) is 1.63. The van der Waals surface area contributed by atoms with Crippen LogP contribution in [0.25, 0.3) is 0 Å². The summed E-state index contributed by atoms with van der Waals surface area (Å²) >= 11 is 1.44. The fraction of sp³-hybridized carbons (Fsp3) is 0.727. The number of rotatable bonds is 5. The molecule has 0 unspecified atom stereocenters. The molecule has 0 aliphatic heterocycles. The number of aromatic nitrogens is 1. The van der Waals surface area contributed by atoms with Crippen molar-refractivity contribution in [1.82, 2.24) is 10.3 Å². The fourth-order valence-electron chi connectivity index (χ4n) is 1.19. The maximum Gasteiger partial charge on any atom is 0.255 e. The van der Waals surface area contributed by atoms with E-state index >= 15 is 0 Å². The lowest BCUT2D eigenvalue weighted by Gasteiger charge is -2.19. The summed E-state index contributed by atoms with van der Waals surface area (Å²) in [4.78, 5) is 6.67. The van der Waals surface area contributed by atoms with Crippen LogP contribution in [0.5, 0.6) is 0 Å². The zero-order valence-electron chi connectivity index (χ0n) is 10.6. The second kappa shape index (κ2) is 5.73. The van der Waals surface area contributed by atoms with Crippen molar-refractivity contribution in [1.29, 1.82) is 0 Å². The number of hydrogen-bond donors (Lipinski definition) is 1. The van der Waals surface area contributed by atoms with E-state index in [-0.39, 0.29) is 12.1 Å². The third-order valence-electron chi connectivity index (χ3n) is 2.07. The zero-order valence-corrected chi connectivity index (χ0v) is 11.4. The SMILES string of the molecule is CN(CC(F)F)c1ncc(CNC(C)(C)C)s1. The first-order valence-corrected chi connectivity index (χ1v) is 6.28. The minimum absolute atomic E-state index is 0.0407. The molecule has 0 saturated heterocycles. The quantitative estimate of drug-likeness (QED) is 0.885. The molecule has 0 spiro atoms. The molecule has 6 heteroatoms. The second-order valence-electron chi connectivity index (χ2n) is 4.98. The molecule has 0 fully saturated rings. The lowest BCUT2D eigenvalue weighted by Crippen LogP contribution is -2.34. The maximum atomic E-state index is 12.2. The average Bonchev–Trinajstić information content (AvgIpc) is 2.60. The Bertz CT molecular complexity index is 347. The van der Waals surface area contributed by atoms with E-state index < -0.39 is 6.43 Å². The van der Waals surface area contributed by atoms with Crippen LogP contribution in [0.1, 0.15) is 25.6 Å². The fourth-order valence-corrected chi connectivity index (χ4v) is 2.01. The molecule has 0 radical (unpaired) electrons. The summed E-state index contributed by atoms with van der Waals surface area (Å²) in [5.41, 5.74) is 0.0407. The van der Waals surface area contributed by atoms with Crippen molar-refractivity contribution in [3.63, 3.8) is 0 Å². The van der Waals surface area contributed by atoms with Gasteiger partial charge in [0.25, 0.3) is 6.43 Å². The lowest BCUT2D eigenvalue weighted by molar-refractivity contribution is 0.156. The van der Waals surface area contributed by atoms with E-state index in [0.29, 0.717) is 11.7 Å². The monoisotopic (exact) mass is 263 g/mol. The summed E-state index contributed by atoms with van der Waals surface area (Å²) in [6.45, 7) is 6.68. The van der Waals surface area contributed by atoms with Gasteiger partial charge in [0.2, 0.25) is 0 Å². The van der Waals surface area contributed by atoms with Gasteiger partial charge in [-0.1, -0.05) is 0 Å². The van der Waals surface area contributed by atoms with Crippen LogP contribution in [0.3, 0.4) is 0 Å². The lowest BCUT2D eigenvalue weighted by atomic mass is 10.1. The van der Waals surface area contributed by atoms with E-state index in [1.165, 1.54) is 16.2 Å². The van der Waals surface area contributed by atoms with E-state index in [1.807, 2.05) is 0 Å². The molecule has 0 saturated carbocycles. The zero-order chi connectivity index (χ0) is 13.1. The number of halogens is 2. The van der Waals surface area contributed by atoms with E-state index in [0.717, 1.165) is 4.88 Å². The van der Waals surface area contributed by atoms with Crippen LogP contribution in [0.4, 0.5) is 13.9 Å². The predicted molar refractivity (Wildman–Crippen MR) is 68.0 cm³/mol. The van der Waals surface area contributed by atoms with Gasteiger partial charge in [-0.3, -0.25) is 0 Å². The highest BCUT2D eigenvalue weighted by Gasteiger charge is 2.13. The molecule has 1 aromatic heterocycles. The maximum absolute atomic E-state index is 12.2. The van der Waals surface area contributed by atoms with Crippen LogP contribution in [0.15, 0.2) is 6.20 Å². The van der Waals surface area contributed by atoms with E-state index in [2.05, 4.69) is 31.1 Å². The second-order valence-corrected chi connectivity index (χ2v) is 6.08. The highest BCUT2D eigenvalue weighted by atomic mass is 32.1. The number of thiazole rings is 1. The molecule has 0 aliphatic carbocycles.